The Bertz CT molecular complexity index is 1300. The van der Waals surface area contributed by atoms with E-state index in [9.17, 15) is 14.4 Å². The first-order valence-electron chi connectivity index (χ1n) is 12.6. The molecule has 1 heterocycles. The van der Waals surface area contributed by atoms with Gasteiger partial charge in [0.05, 0.1) is 19.3 Å². The molecular weight excluding hydrogens is 504 g/mol. The van der Waals surface area contributed by atoms with Crippen LogP contribution in [0.2, 0.25) is 0 Å². The molecule has 0 saturated carbocycles. The maximum absolute atomic E-state index is 13.0. The van der Waals surface area contributed by atoms with Gasteiger partial charge in [0.2, 0.25) is 0 Å². The molecule has 2 amide bonds. The highest BCUT2D eigenvalue weighted by Crippen LogP contribution is 2.40. The van der Waals surface area contributed by atoms with E-state index >= 15 is 0 Å². The van der Waals surface area contributed by atoms with Gasteiger partial charge in [0.25, 0.3) is 11.8 Å². The maximum Gasteiger partial charge on any atom is 0.341 e. The number of nitrogens with one attached hydrogen (secondary N) is 2. The second-order valence-electron chi connectivity index (χ2n) is 9.23. The lowest BCUT2D eigenvalue weighted by Crippen LogP contribution is -2.30. The molecule has 1 aromatic heterocycles. The Kier molecular flexibility index (Phi) is 8.68. The zero-order chi connectivity index (χ0) is 27.2. The van der Waals surface area contributed by atoms with Crippen molar-refractivity contribution in [2.75, 3.05) is 24.4 Å². The van der Waals surface area contributed by atoms with E-state index in [1.165, 1.54) is 11.3 Å². The Hall–Kier alpha value is -3.85. The van der Waals surface area contributed by atoms with E-state index in [0.29, 0.717) is 39.2 Å². The summed E-state index contributed by atoms with van der Waals surface area (Å²) in [5, 5.41) is 6.24. The smallest absolute Gasteiger partial charge is 0.341 e. The first-order chi connectivity index (χ1) is 18.3. The van der Waals surface area contributed by atoms with Crippen LogP contribution in [-0.4, -0.2) is 37.6 Å². The number of esters is 1. The number of amides is 2. The van der Waals surface area contributed by atoms with Crippen molar-refractivity contribution < 1.29 is 28.6 Å². The van der Waals surface area contributed by atoms with Gasteiger partial charge in [0, 0.05) is 16.1 Å². The second kappa shape index (κ2) is 12.1. The third kappa shape index (κ3) is 6.34. The van der Waals surface area contributed by atoms with E-state index in [0.717, 1.165) is 29.7 Å². The summed E-state index contributed by atoms with van der Waals surface area (Å²) in [7, 11) is 1.58. The van der Waals surface area contributed by atoms with Crippen LogP contribution in [0.4, 0.5) is 10.7 Å². The molecule has 9 heteroatoms. The van der Waals surface area contributed by atoms with Gasteiger partial charge in [0.15, 0.2) is 6.10 Å². The van der Waals surface area contributed by atoms with Gasteiger partial charge >= 0.3 is 5.97 Å². The molecule has 0 saturated heterocycles. The normalized spacial score (nSPS) is 15.1. The van der Waals surface area contributed by atoms with Crippen molar-refractivity contribution in [2.45, 2.75) is 46.1 Å². The van der Waals surface area contributed by atoms with Gasteiger partial charge in [-0.05, 0) is 93.1 Å². The summed E-state index contributed by atoms with van der Waals surface area (Å²) in [6.45, 7) is 5.88. The second-order valence-corrected chi connectivity index (χ2v) is 10.3. The van der Waals surface area contributed by atoms with Crippen LogP contribution in [0.15, 0.2) is 48.5 Å². The van der Waals surface area contributed by atoms with Crippen LogP contribution in [0.3, 0.4) is 0 Å². The molecule has 2 atom stereocenters. The summed E-state index contributed by atoms with van der Waals surface area (Å²) in [5.74, 6) is 0.639. The van der Waals surface area contributed by atoms with Crippen LogP contribution < -0.4 is 20.1 Å². The Morgan fingerprint density at radius 2 is 1.71 bits per heavy atom. The molecule has 200 valence electrons. The number of anilines is 2. The van der Waals surface area contributed by atoms with Crippen molar-refractivity contribution in [1.82, 2.24) is 0 Å². The number of rotatable bonds is 9. The number of hydrogen-bond donors (Lipinski definition) is 2. The topological polar surface area (TPSA) is 103 Å². The van der Waals surface area contributed by atoms with Crippen LogP contribution >= 0.6 is 11.3 Å². The fraction of sp³-hybridized carbons (Fsp3) is 0.345. The molecule has 0 bridgehead atoms. The zero-order valence-electron chi connectivity index (χ0n) is 22.0. The van der Waals surface area contributed by atoms with Gasteiger partial charge in [-0.2, -0.15) is 0 Å². The summed E-state index contributed by atoms with van der Waals surface area (Å²) >= 11 is 1.45. The number of carbonyl (C=O) groups is 3. The molecule has 1 aliphatic carbocycles. The van der Waals surface area contributed by atoms with E-state index in [1.807, 2.05) is 0 Å². The molecule has 0 fully saturated rings. The fourth-order valence-electron chi connectivity index (χ4n) is 4.29. The first-order valence-corrected chi connectivity index (χ1v) is 13.4. The highest BCUT2D eigenvalue weighted by atomic mass is 32.1. The number of thiophene rings is 1. The largest absolute Gasteiger partial charge is 0.497 e. The number of methoxy groups -OCH3 is 1. The minimum atomic E-state index is -0.760. The lowest BCUT2D eigenvalue weighted by molar-refractivity contribution is -0.122. The molecule has 0 radical (unpaired) electrons. The average Bonchev–Trinajstić information content (AvgIpc) is 3.26. The summed E-state index contributed by atoms with van der Waals surface area (Å²) in [4.78, 5) is 39.4. The van der Waals surface area contributed by atoms with Gasteiger partial charge < -0.3 is 24.8 Å². The van der Waals surface area contributed by atoms with Crippen molar-refractivity contribution in [2.24, 2.45) is 5.92 Å². The van der Waals surface area contributed by atoms with E-state index in [1.54, 1.807) is 69.5 Å². The predicted molar refractivity (Wildman–Crippen MR) is 148 cm³/mol. The van der Waals surface area contributed by atoms with Crippen LogP contribution in [0.25, 0.3) is 0 Å². The molecule has 0 spiro atoms. The third-order valence-electron chi connectivity index (χ3n) is 6.37. The van der Waals surface area contributed by atoms with Crippen molar-refractivity contribution >= 4 is 39.8 Å². The van der Waals surface area contributed by atoms with E-state index < -0.39 is 12.1 Å². The highest BCUT2D eigenvalue weighted by Gasteiger charge is 2.29. The van der Waals surface area contributed by atoms with Gasteiger partial charge in [-0.25, -0.2) is 4.79 Å². The molecule has 2 N–H and O–H groups in total. The molecule has 1 aliphatic rings. The van der Waals surface area contributed by atoms with Crippen molar-refractivity contribution in [3.63, 3.8) is 0 Å². The molecular formula is C29H32N2O6S. The number of fused-ring (bicyclic) bond motifs is 1. The maximum atomic E-state index is 13.0. The fourth-order valence-corrected chi connectivity index (χ4v) is 5.69. The lowest BCUT2D eigenvalue weighted by Gasteiger charge is -2.18. The minimum Gasteiger partial charge on any atom is -0.497 e. The highest BCUT2D eigenvalue weighted by molar-refractivity contribution is 7.17. The quantitative estimate of drug-likeness (QED) is 0.339. The van der Waals surface area contributed by atoms with Crippen LogP contribution in [0.5, 0.6) is 11.5 Å². The molecule has 0 aliphatic heterocycles. The first kappa shape index (κ1) is 27.2. The van der Waals surface area contributed by atoms with Gasteiger partial charge in [-0.1, -0.05) is 6.92 Å². The molecule has 4 rings (SSSR count). The van der Waals surface area contributed by atoms with Crippen molar-refractivity contribution in [3.8, 4) is 11.5 Å². The summed E-state index contributed by atoms with van der Waals surface area (Å²) in [5.41, 5.74) is 2.50. The number of carbonyl (C=O) groups excluding carboxylic acids is 3. The SMILES string of the molecule is CCOC(=O)c1c(NC(=O)c2ccc(O[C@@H](C)C(=O)Nc3ccc(OC)cc3)cc2)sc2c1CC[C@@H](C)C2. The van der Waals surface area contributed by atoms with Gasteiger partial charge in [-0.3, -0.25) is 9.59 Å². The Balaban J connectivity index is 1.40. The monoisotopic (exact) mass is 536 g/mol. The van der Waals surface area contributed by atoms with Crippen LogP contribution in [0, 0.1) is 5.92 Å². The number of hydrogen-bond acceptors (Lipinski definition) is 7. The van der Waals surface area contributed by atoms with Gasteiger partial charge in [0.1, 0.15) is 16.5 Å². The predicted octanol–water partition coefficient (Wildman–Crippen LogP) is 5.72. The Morgan fingerprint density at radius 3 is 2.37 bits per heavy atom. The van der Waals surface area contributed by atoms with Crippen LogP contribution in [0.1, 0.15) is 58.3 Å². The molecule has 3 aromatic rings. The molecule has 8 nitrogen and oxygen atoms in total. The summed E-state index contributed by atoms with van der Waals surface area (Å²) < 4.78 is 16.2. The summed E-state index contributed by atoms with van der Waals surface area (Å²) in [6.07, 6.45) is 1.93. The Morgan fingerprint density at radius 1 is 1.03 bits per heavy atom. The standard InChI is InChI=1S/C29H32N2O6S/c1-5-36-29(34)25-23-15-6-17(2)16-24(23)38-28(25)31-27(33)19-7-11-22(12-8-19)37-18(3)26(32)30-20-9-13-21(35-4)14-10-20/h7-14,17-18H,5-6,15-16H2,1-4H3,(H,30,32)(H,31,33)/t17-,18+/m1/s1. The lowest BCUT2D eigenvalue weighted by atomic mass is 9.88. The molecule has 38 heavy (non-hydrogen) atoms. The molecule has 0 unspecified atom stereocenters. The van der Waals surface area contributed by atoms with Crippen molar-refractivity contribution in [3.05, 3.63) is 70.1 Å². The van der Waals surface area contributed by atoms with Crippen LogP contribution in [-0.2, 0) is 22.4 Å². The molecule has 2 aromatic carbocycles. The van der Waals surface area contributed by atoms with Gasteiger partial charge in [-0.15, -0.1) is 11.3 Å². The average molecular weight is 537 g/mol. The van der Waals surface area contributed by atoms with E-state index in [-0.39, 0.29) is 18.4 Å². The zero-order valence-corrected chi connectivity index (χ0v) is 22.8. The Labute approximate surface area is 226 Å². The van der Waals surface area contributed by atoms with E-state index in [2.05, 4.69) is 17.6 Å². The van der Waals surface area contributed by atoms with E-state index in [4.69, 9.17) is 14.2 Å². The number of ether oxygens (including phenoxy) is 3. The number of benzene rings is 2. The minimum absolute atomic E-state index is 0.269. The van der Waals surface area contributed by atoms with Crippen molar-refractivity contribution in [1.29, 1.82) is 0 Å². The summed E-state index contributed by atoms with van der Waals surface area (Å²) in [6, 6.07) is 13.5. The third-order valence-corrected chi connectivity index (χ3v) is 7.54.